The first kappa shape index (κ1) is 14.0. The van der Waals surface area contributed by atoms with E-state index in [0.29, 0.717) is 6.73 Å². The fourth-order valence-electron chi connectivity index (χ4n) is 1.37. The largest absolute Gasteiger partial charge is 0.356 e. The molecule has 0 saturated heterocycles. The van der Waals surface area contributed by atoms with E-state index in [1.165, 1.54) is 0 Å². The predicted molar refractivity (Wildman–Crippen MR) is 72.2 cm³/mol. The highest BCUT2D eigenvalue weighted by Gasteiger charge is 2.20. The summed E-state index contributed by atoms with van der Waals surface area (Å²) in [5, 5.41) is 0. The van der Waals surface area contributed by atoms with Crippen LogP contribution in [0.2, 0.25) is 25.7 Å². The molecule has 16 heavy (non-hydrogen) atoms. The Hall–Kier alpha value is -0.103. The van der Waals surface area contributed by atoms with E-state index < -0.39 is 8.07 Å². The Labute approximate surface area is 107 Å². The van der Waals surface area contributed by atoms with Gasteiger partial charge in [0, 0.05) is 32.1 Å². The molecule has 0 amide bonds. The second kappa shape index (κ2) is 6.00. The minimum absolute atomic E-state index is 0.0900. The zero-order valence-corrected chi connectivity index (χ0v) is 13.0. The van der Waals surface area contributed by atoms with E-state index in [1.54, 1.807) is 7.11 Å². The van der Waals surface area contributed by atoms with Crippen molar-refractivity contribution in [3.63, 3.8) is 0 Å². The first-order valence-corrected chi connectivity index (χ1v) is 9.86. The summed E-state index contributed by atoms with van der Waals surface area (Å²) >= 11 is 3.40. The first-order chi connectivity index (χ1) is 7.40. The van der Waals surface area contributed by atoms with Crippen molar-refractivity contribution in [1.82, 2.24) is 4.57 Å². The molecule has 0 aliphatic heterocycles. The van der Waals surface area contributed by atoms with Crippen molar-refractivity contribution in [3.8, 4) is 0 Å². The molecule has 1 heterocycles. The zero-order valence-electron chi connectivity index (χ0n) is 10.4. The van der Waals surface area contributed by atoms with E-state index in [9.17, 15) is 0 Å². The monoisotopic (exact) mass is 305 g/mol. The summed E-state index contributed by atoms with van der Waals surface area (Å²) in [7, 11) is 0.562. The van der Waals surface area contributed by atoms with E-state index >= 15 is 0 Å². The van der Waals surface area contributed by atoms with Gasteiger partial charge in [0.1, 0.15) is 6.73 Å². The number of ether oxygens (including phenoxy) is 2. The second-order valence-electron chi connectivity index (χ2n) is 5.07. The van der Waals surface area contributed by atoms with Gasteiger partial charge < -0.3 is 14.0 Å². The fraction of sp³-hybridized carbons (Fsp3) is 0.636. The van der Waals surface area contributed by atoms with Crippen molar-refractivity contribution in [3.05, 3.63) is 22.9 Å². The molecule has 0 fully saturated rings. The molecule has 0 bridgehead atoms. The molecule has 1 aromatic heterocycles. The number of methoxy groups -OCH3 is 1. The number of halogens is 1. The summed E-state index contributed by atoms with van der Waals surface area (Å²) in [6, 6.07) is 3.01. The van der Waals surface area contributed by atoms with Crippen LogP contribution in [-0.4, -0.2) is 26.0 Å². The summed E-state index contributed by atoms with van der Waals surface area (Å²) in [5.41, 5.74) is 0. The molecular formula is C11H20BrNO2Si. The van der Waals surface area contributed by atoms with Gasteiger partial charge in [0.05, 0.1) is 0 Å². The van der Waals surface area contributed by atoms with Crippen molar-refractivity contribution < 1.29 is 9.47 Å². The van der Waals surface area contributed by atoms with E-state index in [1.807, 2.05) is 23.0 Å². The Morgan fingerprint density at radius 2 is 2.12 bits per heavy atom. The standard InChI is InChI=1S/C11H20BrNO2Si/c1-14-11(8-16(2,3)4)15-9-13-6-5-10(12)7-13/h5-7,11H,8-9H2,1-4H3. The maximum atomic E-state index is 5.72. The van der Waals surface area contributed by atoms with Gasteiger partial charge in [-0.2, -0.15) is 0 Å². The quantitative estimate of drug-likeness (QED) is 0.593. The number of hydrogen-bond donors (Lipinski definition) is 0. The molecule has 0 aliphatic rings. The van der Waals surface area contributed by atoms with Crippen LogP contribution in [0.1, 0.15) is 0 Å². The third kappa shape index (κ3) is 5.29. The number of hydrogen-bond acceptors (Lipinski definition) is 2. The van der Waals surface area contributed by atoms with E-state index in [4.69, 9.17) is 9.47 Å². The van der Waals surface area contributed by atoms with Crippen molar-refractivity contribution in [2.24, 2.45) is 0 Å². The topological polar surface area (TPSA) is 23.4 Å². The lowest BCUT2D eigenvalue weighted by atomic mass is 10.7. The summed E-state index contributed by atoms with van der Waals surface area (Å²) in [6.45, 7) is 7.48. The Kier molecular flexibility index (Phi) is 5.24. The van der Waals surface area contributed by atoms with Gasteiger partial charge in [0.2, 0.25) is 0 Å². The molecule has 0 N–H and O–H groups in total. The number of nitrogens with zero attached hydrogens (tertiary/aromatic N) is 1. The summed E-state index contributed by atoms with van der Waals surface area (Å²) in [5.74, 6) is 0. The van der Waals surface area contributed by atoms with Gasteiger partial charge in [-0.1, -0.05) is 19.6 Å². The van der Waals surface area contributed by atoms with Crippen LogP contribution in [0.5, 0.6) is 0 Å². The molecule has 0 saturated carbocycles. The van der Waals surface area contributed by atoms with Gasteiger partial charge in [0.15, 0.2) is 6.29 Å². The van der Waals surface area contributed by atoms with Gasteiger partial charge in [-0.15, -0.1) is 0 Å². The van der Waals surface area contributed by atoms with Gasteiger partial charge >= 0.3 is 0 Å². The van der Waals surface area contributed by atoms with E-state index in [-0.39, 0.29) is 6.29 Å². The van der Waals surface area contributed by atoms with E-state index in [2.05, 4.69) is 35.6 Å². The molecule has 3 nitrogen and oxygen atoms in total. The molecule has 1 aromatic rings. The number of aromatic nitrogens is 1. The third-order valence-electron chi connectivity index (χ3n) is 2.17. The number of rotatable bonds is 6. The van der Waals surface area contributed by atoms with Crippen LogP contribution in [0.15, 0.2) is 22.9 Å². The molecule has 1 unspecified atom stereocenters. The average Bonchev–Trinajstić information content (AvgIpc) is 2.57. The zero-order chi connectivity index (χ0) is 12.2. The van der Waals surface area contributed by atoms with Crippen LogP contribution >= 0.6 is 15.9 Å². The van der Waals surface area contributed by atoms with Crippen LogP contribution in [0, 0.1) is 0 Å². The molecule has 0 aromatic carbocycles. The van der Waals surface area contributed by atoms with Gasteiger partial charge in [-0.05, 0) is 28.0 Å². The average molecular weight is 306 g/mol. The molecule has 0 aliphatic carbocycles. The van der Waals surface area contributed by atoms with Crippen LogP contribution in [0.3, 0.4) is 0 Å². The summed E-state index contributed by atoms with van der Waals surface area (Å²) < 4.78 is 14.1. The molecule has 92 valence electrons. The first-order valence-electron chi connectivity index (χ1n) is 5.36. The van der Waals surface area contributed by atoms with Crippen molar-refractivity contribution in [1.29, 1.82) is 0 Å². The Bertz CT molecular complexity index is 322. The highest BCUT2D eigenvalue weighted by atomic mass is 79.9. The van der Waals surface area contributed by atoms with E-state index in [0.717, 1.165) is 10.5 Å². The molecule has 1 rings (SSSR count). The van der Waals surface area contributed by atoms with Gasteiger partial charge in [-0.25, -0.2) is 0 Å². The molecule has 0 radical (unpaired) electrons. The van der Waals surface area contributed by atoms with Gasteiger partial charge in [0.25, 0.3) is 0 Å². The lowest BCUT2D eigenvalue weighted by Gasteiger charge is -2.23. The van der Waals surface area contributed by atoms with Gasteiger partial charge in [-0.3, -0.25) is 0 Å². The molecule has 1 atom stereocenters. The smallest absolute Gasteiger partial charge is 0.157 e. The van der Waals surface area contributed by atoms with Crippen molar-refractivity contribution in [2.75, 3.05) is 7.11 Å². The fourth-order valence-corrected chi connectivity index (χ4v) is 3.04. The van der Waals surface area contributed by atoms with Crippen molar-refractivity contribution in [2.45, 2.75) is 38.7 Å². The minimum atomic E-state index is -1.14. The maximum absolute atomic E-state index is 5.72. The lowest BCUT2D eigenvalue weighted by Crippen LogP contribution is -2.30. The highest BCUT2D eigenvalue weighted by Crippen LogP contribution is 2.16. The highest BCUT2D eigenvalue weighted by molar-refractivity contribution is 9.10. The maximum Gasteiger partial charge on any atom is 0.157 e. The van der Waals surface area contributed by atoms with Crippen molar-refractivity contribution >= 4 is 24.0 Å². The SMILES string of the molecule is COC(C[Si](C)(C)C)OCn1ccc(Br)c1. The molecule has 0 spiro atoms. The second-order valence-corrected chi connectivity index (χ2v) is 11.5. The molecular weight excluding hydrogens is 286 g/mol. The lowest BCUT2D eigenvalue weighted by molar-refractivity contribution is -0.134. The van der Waals surface area contributed by atoms with Crippen LogP contribution in [0.4, 0.5) is 0 Å². The van der Waals surface area contributed by atoms with Crippen LogP contribution in [-0.2, 0) is 16.2 Å². The normalized spacial score (nSPS) is 14.1. The Morgan fingerprint density at radius 3 is 2.56 bits per heavy atom. The molecule has 5 heteroatoms. The summed E-state index contributed by atoms with van der Waals surface area (Å²) in [4.78, 5) is 0. The van der Waals surface area contributed by atoms with Crippen LogP contribution in [0.25, 0.3) is 0 Å². The Balaban J connectivity index is 2.40. The minimum Gasteiger partial charge on any atom is -0.356 e. The van der Waals surface area contributed by atoms with Crippen LogP contribution < -0.4 is 0 Å². The predicted octanol–water partition coefficient (Wildman–Crippen LogP) is 3.54. The summed E-state index contributed by atoms with van der Waals surface area (Å²) in [6.07, 6.45) is 3.87. The third-order valence-corrected chi connectivity index (χ3v) is 4.19. The Morgan fingerprint density at radius 1 is 1.44 bits per heavy atom.